The highest BCUT2D eigenvalue weighted by Gasteiger charge is 2.19. The minimum atomic E-state index is -1.25. The van der Waals surface area contributed by atoms with E-state index in [0.717, 1.165) is 0 Å². The van der Waals surface area contributed by atoms with Crippen LogP contribution in [-0.2, 0) is 4.74 Å². The standard InChI is InChI=1S/C7H5BrO5/c1-12-7(11)4-2-3(8)5(13-4)6(9)10/h2H,1H3,(H,9,10). The first-order valence-electron chi connectivity index (χ1n) is 3.17. The lowest BCUT2D eigenvalue weighted by molar-refractivity contribution is 0.0555. The van der Waals surface area contributed by atoms with E-state index in [4.69, 9.17) is 9.52 Å². The summed E-state index contributed by atoms with van der Waals surface area (Å²) < 4.78 is 9.25. The van der Waals surface area contributed by atoms with Gasteiger partial charge in [-0.05, 0) is 15.9 Å². The number of aromatic carboxylic acids is 1. The van der Waals surface area contributed by atoms with Crippen LogP contribution in [0.1, 0.15) is 21.1 Å². The van der Waals surface area contributed by atoms with E-state index in [1.54, 1.807) is 0 Å². The van der Waals surface area contributed by atoms with Gasteiger partial charge in [0.1, 0.15) is 0 Å². The number of furan rings is 1. The second-order valence-corrected chi connectivity index (χ2v) is 2.94. The van der Waals surface area contributed by atoms with Gasteiger partial charge in [0.25, 0.3) is 0 Å². The lowest BCUT2D eigenvalue weighted by atomic mass is 10.4. The van der Waals surface area contributed by atoms with Gasteiger partial charge in [-0.3, -0.25) is 0 Å². The average molecular weight is 249 g/mol. The molecule has 0 bridgehead atoms. The van der Waals surface area contributed by atoms with Crippen LogP contribution in [0.25, 0.3) is 0 Å². The normalized spacial score (nSPS) is 9.69. The predicted octanol–water partition coefficient (Wildman–Crippen LogP) is 1.53. The molecule has 0 spiro atoms. The van der Waals surface area contributed by atoms with Crippen LogP contribution < -0.4 is 0 Å². The number of carboxylic acid groups (broad SMARTS) is 1. The lowest BCUT2D eigenvalue weighted by Crippen LogP contribution is -1.99. The highest BCUT2D eigenvalue weighted by molar-refractivity contribution is 9.10. The minimum absolute atomic E-state index is 0.147. The van der Waals surface area contributed by atoms with E-state index < -0.39 is 11.9 Å². The third kappa shape index (κ3) is 1.89. The summed E-state index contributed by atoms with van der Waals surface area (Å²) in [6.45, 7) is 0. The molecule has 0 unspecified atom stereocenters. The topological polar surface area (TPSA) is 76.7 Å². The number of ether oxygens (including phenoxy) is 1. The zero-order valence-electron chi connectivity index (χ0n) is 6.54. The Hall–Kier alpha value is -1.30. The second-order valence-electron chi connectivity index (χ2n) is 2.08. The Morgan fingerprint density at radius 3 is 2.62 bits per heavy atom. The molecule has 5 nitrogen and oxygen atoms in total. The molecule has 0 saturated carbocycles. The van der Waals surface area contributed by atoms with Gasteiger partial charge in [0.05, 0.1) is 11.6 Å². The highest BCUT2D eigenvalue weighted by Crippen LogP contribution is 2.21. The molecule has 70 valence electrons. The van der Waals surface area contributed by atoms with E-state index in [1.807, 2.05) is 0 Å². The van der Waals surface area contributed by atoms with Crippen LogP contribution in [0.5, 0.6) is 0 Å². The maximum Gasteiger partial charge on any atom is 0.374 e. The van der Waals surface area contributed by atoms with Crippen molar-refractivity contribution < 1.29 is 23.8 Å². The van der Waals surface area contributed by atoms with Gasteiger partial charge in [-0.2, -0.15) is 0 Å². The van der Waals surface area contributed by atoms with Gasteiger partial charge in [0.15, 0.2) is 0 Å². The fourth-order valence-electron chi connectivity index (χ4n) is 0.716. The summed E-state index contributed by atoms with van der Waals surface area (Å²) >= 11 is 2.93. The van der Waals surface area contributed by atoms with Crippen molar-refractivity contribution in [1.29, 1.82) is 0 Å². The summed E-state index contributed by atoms with van der Waals surface area (Å²) in [4.78, 5) is 21.3. The summed E-state index contributed by atoms with van der Waals surface area (Å²) in [6, 6.07) is 1.25. The zero-order chi connectivity index (χ0) is 10.0. The van der Waals surface area contributed by atoms with Gasteiger partial charge in [0.2, 0.25) is 11.5 Å². The first-order chi connectivity index (χ1) is 6.06. The number of halogens is 1. The van der Waals surface area contributed by atoms with Crippen molar-refractivity contribution in [2.75, 3.05) is 7.11 Å². The number of rotatable bonds is 2. The summed E-state index contributed by atoms with van der Waals surface area (Å²) in [7, 11) is 1.18. The van der Waals surface area contributed by atoms with Crippen molar-refractivity contribution in [3.8, 4) is 0 Å². The first kappa shape index (κ1) is 9.79. The van der Waals surface area contributed by atoms with Crippen LogP contribution in [0.15, 0.2) is 15.0 Å². The van der Waals surface area contributed by atoms with Gasteiger partial charge in [-0.25, -0.2) is 9.59 Å². The molecule has 1 aromatic rings. The Bertz CT molecular complexity index is 354. The van der Waals surface area contributed by atoms with Crippen LogP contribution in [0.4, 0.5) is 0 Å². The Balaban J connectivity index is 3.09. The summed E-state index contributed by atoms with van der Waals surface area (Å²) in [5.74, 6) is -2.43. The second kappa shape index (κ2) is 3.61. The van der Waals surface area contributed by atoms with Gasteiger partial charge >= 0.3 is 11.9 Å². The monoisotopic (exact) mass is 248 g/mol. The van der Waals surface area contributed by atoms with E-state index in [0.29, 0.717) is 0 Å². The van der Waals surface area contributed by atoms with Crippen LogP contribution in [-0.4, -0.2) is 24.2 Å². The SMILES string of the molecule is COC(=O)c1cc(Br)c(C(=O)O)o1. The molecular weight excluding hydrogens is 244 g/mol. The number of hydrogen-bond donors (Lipinski definition) is 1. The van der Waals surface area contributed by atoms with Gasteiger partial charge in [0, 0.05) is 6.07 Å². The number of esters is 1. The number of carbonyl (C=O) groups excluding carboxylic acids is 1. The van der Waals surface area contributed by atoms with E-state index in [2.05, 4.69) is 20.7 Å². The number of hydrogen-bond acceptors (Lipinski definition) is 4. The molecule has 0 amide bonds. The molecule has 1 rings (SSSR count). The van der Waals surface area contributed by atoms with Crippen molar-refractivity contribution in [3.63, 3.8) is 0 Å². The molecule has 0 atom stereocenters. The maximum atomic E-state index is 10.9. The van der Waals surface area contributed by atoms with E-state index in [9.17, 15) is 9.59 Å². The van der Waals surface area contributed by atoms with Crippen molar-refractivity contribution in [1.82, 2.24) is 0 Å². The summed E-state index contributed by atoms with van der Waals surface area (Å²) in [6.07, 6.45) is 0. The van der Waals surface area contributed by atoms with Gasteiger partial charge in [-0.15, -0.1) is 0 Å². The van der Waals surface area contributed by atoms with Gasteiger partial charge in [-0.1, -0.05) is 0 Å². The van der Waals surface area contributed by atoms with Crippen LogP contribution in [0, 0.1) is 0 Å². The summed E-state index contributed by atoms with van der Waals surface area (Å²) in [5.41, 5.74) is 0. The van der Waals surface area contributed by atoms with Crippen molar-refractivity contribution in [3.05, 3.63) is 22.1 Å². The molecule has 0 aliphatic heterocycles. The fourth-order valence-corrected chi connectivity index (χ4v) is 1.17. The first-order valence-corrected chi connectivity index (χ1v) is 3.96. The zero-order valence-corrected chi connectivity index (χ0v) is 8.12. The highest BCUT2D eigenvalue weighted by atomic mass is 79.9. The minimum Gasteiger partial charge on any atom is -0.475 e. The molecule has 0 fully saturated rings. The fraction of sp³-hybridized carbons (Fsp3) is 0.143. The number of carboxylic acids is 1. The Morgan fingerprint density at radius 2 is 2.23 bits per heavy atom. The molecule has 13 heavy (non-hydrogen) atoms. The third-order valence-corrected chi connectivity index (χ3v) is 1.86. The largest absolute Gasteiger partial charge is 0.475 e. The molecule has 0 aromatic carbocycles. The maximum absolute atomic E-state index is 10.9. The molecule has 0 saturated heterocycles. The quantitative estimate of drug-likeness (QED) is 0.804. The van der Waals surface area contributed by atoms with Crippen molar-refractivity contribution in [2.45, 2.75) is 0 Å². The van der Waals surface area contributed by atoms with E-state index in [1.165, 1.54) is 13.2 Å². The van der Waals surface area contributed by atoms with Gasteiger partial charge < -0.3 is 14.3 Å². The molecule has 1 heterocycles. The Morgan fingerprint density at radius 1 is 1.62 bits per heavy atom. The van der Waals surface area contributed by atoms with E-state index in [-0.39, 0.29) is 16.0 Å². The molecule has 1 N–H and O–H groups in total. The smallest absolute Gasteiger partial charge is 0.374 e. The Labute approximate surface area is 81.4 Å². The summed E-state index contributed by atoms with van der Waals surface area (Å²) in [5, 5.41) is 8.56. The molecule has 0 aliphatic carbocycles. The van der Waals surface area contributed by atoms with Crippen molar-refractivity contribution in [2.24, 2.45) is 0 Å². The molecular formula is C7H5BrO5. The van der Waals surface area contributed by atoms with E-state index >= 15 is 0 Å². The third-order valence-electron chi connectivity index (χ3n) is 1.27. The van der Waals surface area contributed by atoms with Crippen LogP contribution in [0.2, 0.25) is 0 Å². The molecule has 0 radical (unpaired) electrons. The number of carbonyl (C=O) groups is 2. The van der Waals surface area contributed by atoms with Crippen LogP contribution in [0.3, 0.4) is 0 Å². The Kier molecular flexibility index (Phi) is 2.72. The average Bonchev–Trinajstić information content (AvgIpc) is 2.46. The lowest BCUT2D eigenvalue weighted by Gasteiger charge is -1.91. The predicted molar refractivity (Wildman–Crippen MR) is 44.7 cm³/mol. The molecule has 0 aliphatic rings. The molecule has 6 heteroatoms. The van der Waals surface area contributed by atoms with Crippen LogP contribution >= 0.6 is 15.9 Å². The number of methoxy groups -OCH3 is 1. The molecule has 1 aromatic heterocycles. The van der Waals surface area contributed by atoms with Crippen molar-refractivity contribution >= 4 is 27.9 Å².